The second-order valence-corrected chi connectivity index (χ2v) is 2.03. The molecule has 9 heavy (non-hydrogen) atoms. The minimum absolute atomic E-state index is 0.115. The Bertz CT molecular complexity index is 73.5. The summed E-state index contributed by atoms with van der Waals surface area (Å²) in [7, 11) is 0. The van der Waals surface area contributed by atoms with Gasteiger partial charge in [0.25, 0.3) is 0 Å². The molecule has 6 N–H and O–H groups in total. The zero-order valence-electron chi connectivity index (χ0n) is 5.29. The van der Waals surface area contributed by atoms with E-state index in [-0.39, 0.29) is 6.17 Å². The molecule has 5 nitrogen and oxygen atoms in total. The summed E-state index contributed by atoms with van der Waals surface area (Å²) >= 11 is 0. The lowest BCUT2D eigenvalue weighted by atomic mass is 10.5. The lowest BCUT2D eigenvalue weighted by Gasteiger charge is -2.31. The van der Waals surface area contributed by atoms with Crippen LogP contribution in [0.1, 0.15) is 6.92 Å². The molecule has 0 aliphatic carbocycles. The molecule has 0 bridgehead atoms. The smallest absolute Gasteiger partial charge is 0.165 e. The van der Waals surface area contributed by atoms with Crippen molar-refractivity contribution in [3.05, 3.63) is 0 Å². The van der Waals surface area contributed by atoms with Crippen LogP contribution >= 0.6 is 0 Å². The van der Waals surface area contributed by atoms with Gasteiger partial charge in [-0.1, -0.05) is 0 Å². The third-order valence-electron chi connectivity index (χ3n) is 1.12. The van der Waals surface area contributed by atoms with Gasteiger partial charge < -0.3 is 4.74 Å². The van der Waals surface area contributed by atoms with Crippen LogP contribution in [-0.2, 0) is 4.74 Å². The van der Waals surface area contributed by atoms with Gasteiger partial charge in [-0.05, 0) is 6.92 Å². The van der Waals surface area contributed by atoms with Gasteiger partial charge in [-0.25, -0.2) is 0 Å². The number of hydrogen-bond acceptors (Lipinski definition) is 5. The van der Waals surface area contributed by atoms with Crippen LogP contribution in [-0.4, -0.2) is 18.9 Å². The molecule has 2 atom stereocenters. The highest BCUT2D eigenvalue weighted by atomic mass is 16.5. The molecule has 5 heteroatoms. The van der Waals surface area contributed by atoms with Gasteiger partial charge in [-0.15, -0.1) is 0 Å². The summed E-state index contributed by atoms with van der Waals surface area (Å²) in [5.41, 5.74) is 10.7. The monoisotopic (exact) mass is 132 g/mol. The van der Waals surface area contributed by atoms with E-state index in [0.717, 1.165) is 0 Å². The Hall–Kier alpha value is -0.200. The van der Waals surface area contributed by atoms with E-state index in [2.05, 4.69) is 10.6 Å². The van der Waals surface area contributed by atoms with Crippen molar-refractivity contribution < 1.29 is 4.74 Å². The molecule has 1 rings (SSSR count). The van der Waals surface area contributed by atoms with Gasteiger partial charge in [0.05, 0.1) is 6.17 Å². The maximum absolute atomic E-state index is 5.36. The molecule has 2 unspecified atom stereocenters. The normalized spacial score (nSPS) is 45.0. The summed E-state index contributed by atoms with van der Waals surface area (Å²) in [4.78, 5) is 0. The first-order valence-electron chi connectivity index (χ1n) is 2.87. The molecule has 1 aliphatic heterocycles. The fraction of sp³-hybridized carbons (Fsp3) is 1.00. The summed E-state index contributed by atoms with van der Waals surface area (Å²) in [6, 6.07) is 0. The first-order chi connectivity index (χ1) is 4.18. The summed E-state index contributed by atoms with van der Waals surface area (Å²) in [6.45, 7) is 1.92. The molecule has 1 saturated heterocycles. The number of nitrogens with one attached hydrogen (secondary N) is 2. The number of hydrogen-bond donors (Lipinski definition) is 4. The van der Waals surface area contributed by atoms with Crippen molar-refractivity contribution in [2.75, 3.05) is 0 Å². The van der Waals surface area contributed by atoms with Gasteiger partial charge in [0.15, 0.2) is 12.7 Å². The van der Waals surface area contributed by atoms with E-state index in [9.17, 15) is 0 Å². The highest BCUT2D eigenvalue weighted by Gasteiger charge is 2.18. The third-order valence-corrected chi connectivity index (χ3v) is 1.12. The Morgan fingerprint density at radius 2 is 1.67 bits per heavy atom. The molecule has 1 aliphatic rings. The second kappa shape index (κ2) is 2.59. The van der Waals surface area contributed by atoms with Crippen molar-refractivity contribution in [2.45, 2.75) is 25.8 Å². The molecule has 0 radical (unpaired) electrons. The lowest BCUT2D eigenvalue weighted by Crippen LogP contribution is -2.64. The second-order valence-electron chi connectivity index (χ2n) is 2.03. The molecule has 0 aromatic heterocycles. The standard InChI is InChI=1S/C4H12N4O/c1-2-7-3(5)9-4(6)8-2/h2-4,7-8H,5-6H2,1H3. The van der Waals surface area contributed by atoms with Gasteiger partial charge in [-0.3, -0.25) is 22.1 Å². The van der Waals surface area contributed by atoms with E-state index < -0.39 is 12.7 Å². The third kappa shape index (κ3) is 1.88. The Kier molecular flexibility index (Phi) is 1.99. The fourth-order valence-corrected chi connectivity index (χ4v) is 0.777. The quantitative estimate of drug-likeness (QED) is 0.307. The minimum atomic E-state index is -0.448. The predicted molar refractivity (Wildman–Crippen MR) is 32.8 cm³/mol. The number of ether oxygens (including phenoxy) is 1. The van der Waals surface area contributed by atoms with E-state index in [4.69, 9.17) is 16.2 Å². The average Bonchev–Trinajstić information content (AvgIpc) is 1.59. The van der Waals surface area contributed by atoms with E-state index in [1.807, 2.05) is 6.92 Å². The van der Waals surface area contributed by atoms with Gasteiger partial charge in [-0.2, -0.15) is 0 Å². The van der Waals surface area contributed by atoms with Gasteiger partial charge in [0, 0.05) is 0 Å². The predicted octanol–water partition coefficient (Wildman–Crippen LogP) is -1.97. The summed E-state index contributed by atoms with van der Waals surface area (Å²) in [6.07, 6.45) is -0.781. The topological polar surface area (TPSA) is 85.3 Å². The van der Waals surface area contributed by atoms with Crippen LogP contribution in [0.2, 0.25) is 0 Å². The van der Waals surface area contributed by atoms with E-state index in [0.29, 0.717) is 0 Å². The highest BCUT2D eigenvalue weighted by molar-refractivity contribution is 4.65. The molecule has 0 saturated carbocycles. The SMILES string of the molecule is CC1NC(N)OC(N)N1. The van der Waals surface area contributed by atoms with Crippen molar-refractivity contribution in [3.63, 3.8) is 0 Å². The molecule has 0 spiro atoms. The molecular formula is C4H12N4O. The molecule has 0 aromatic carbocycles. The zero-order valence-corrected chi connectivity index (χ0v) is 5.29. The molecule has 0 aromatic rings. The molecule has 0 amide bonds. The average molecular weight is 132 g/mol. The Labute approximate surface area is 53.7 Å². The molecule has 54 valence electrons. The van der Waals surface area contributed by atoms with Crippen LogP contribution in [0.4, 0.5) is 0 Å². The zero-order chi connectivity index (χ0) is 6.85. The van der Waals surface area contributed by atoms with Gasteiger partial charge in [0.2, 0.25) is 0 Å². The van der Waals surface area contributed by atoms with Crippen LogP contribution in [0, 0.1) is 0 Å². The summed E-state index contributed by atoms with van der Waals surface area (Å²) in [5, 5.41) is 5.75. The van der Waals surface area contributed by atoms with Crippen molar-refractivity contribution >= 4 is 0 Å². The van der Waals surface area contributed by atoms with Gasteiger partial charge >= 0.3 is 0 Å². The largest absolute Gasteiger partial charge is 0.319 e. The Morgan fingerprint density at radius 3 is 2.00 bits per heavy atom. The van der Waals surface area contributed by atoms with Crippen LogP contribution < -0.4 is 22.1 Å². The van der Waals surface area contributed by atoms with Crippen LogP contribution in [0.25, 0.3) is 0 Å². The summed E-state index contributed by atoms with van der Waals surface area (Å²) in [5.74, 6) is 0. The molecular weight excluding hydrogens is 120 g/mol. The number of nitrogens with two attached hydrogens (primary N) is 2. The molecule has 1 fully saturated rings. The van der Waals surface area contributed by atoms with Crippen LogP contribution in [0.3, 0.4) is 0 Å². The first-order valence-corrected chi connectivity index (χ1v) is 2.87. The Balaban J connectivity index is 2.34. The van der Waals surface area contributed by atoms with E-state index >= 15 is 0 Å². The minimum Gasteiger partial charge on any atom is -0.319 e. The van der Waals surface area contributed by atoms with Gasteiger partial charge in [0.1, 0.15) is 0 Å². The fourth-order valence-electron chi connectivity index (χ4n) is 0.777. The van der Waals surface area contributed by atoms with Crippen molar-refractivity contribution in [3.8, 4) is 0 Å². The maximum atomic E-state index is 5.36. The van der Waals surface area contributed by atoms with E-state index in [1.54, 1.807) is 0 Å². The van der Waals surface area contributed by atoms with Crippen LogP contribution in [0.15, 0.2) is 0 Å². The molecule has 1 heterocycles. The van der Waals surface area contributed by atoms with Crippen molar-refractivity contribution in [1.82, 2.24) is 10.6 Å². The summed E-state index contributed by atoms with van der Waals surface area (Å²) < 4.78 is 4.89. The first kappa shape index (κ1) is 6.91. The van der Waals surface area contributed by atoms with Crippen LogP contribution in [0.5, 0.6) is 0 Å². The highest BCUT2D eigenvalue weighted by Crippen LogP contribution is 1.91. The number of rotatable bonds is 0. The van der Waals surface area contributed by atoms with Crippen molar-refractivity contribution in [2.24, 2.45) is 11.5 Å². The van der Waals surface area contributed by atoms with Crippen molar-refractivity contribution in [1.29, 1.82) is 0 Å². The van der Waals surface area contributed by atoms with E-state index in [1.165, 1.54) is 0 Å². The Morgan fingerprint density at radius 1 is 1.22 bits per heavy atom. The maximum Gasteiger partial charge on any atom is 0.165 e. The lowest BCUT2D eigenvalue weighted by molar-refractivity contribution is -0.0886.